The summed E-state index contributed by atoms with van der Waals surface area (Å²) in [4.78, 5) is 21.2. The maximum atomic E-state index is 13.0. The fourth-order valence-corrected chi connectivity index (χ4v) is 5.13. The Balaban J connectivity index is 1.47. The number of benzene rings is 1. The lowest BCUT2D eigenvalue weighted by Crippen LogP contribution is -2.45. The number of oxazole rings is 1. The predicted octanol–water partition coefficient (Wildman–Crippen LogP) is 3.61. The van der Waals surface area contributed by atoms with E-state index < -0.39 is 0 Å². The van der Waals surface area contributed by atoms with Crippen LogP contribution in [0.15, 0.2) is 33.6 Å². The molecule has 0 N–H and O–H groups in total. The summed E-state index contributed by atoms with van der Waals surface area (Å²) < 4.78 is 17.3. The van der Waals surface area contributed by atoms with Crippen LogP contribution in [0.4, 0.5) is 5.88 Å². The molecule has 0 unspecified atom stereocenters. The SMILES string of the molecule is COc1ccc(CCN2C(=O)/C(=C\c3nc(C#N)c(N4C[C@@H](C)O[C@@H](C)C4)o3)SC2=S)cc1. The van der Waals surface area contributed by atoms with E-state index in [1.165, 1.54) is 11.8 Å². The highest BCUT2D eigenvalue weighted by atomic mass is 32.2. The Hall–Kier alpha value is -2.87. The molecule has 1 amide bonds. The van der Waals surface area contributed by atoms with Gasteiger partial charge in [0, 0.05) is 25.7 Å². The highest BCUT2D eigenvalue weighted by Gasteiger charge is 2.33. The van der Waals surface area contributed by atoms with E-state index in [0.29, 0.717) is 41.2 Å². The second kappa shape index (κ2) is 9.95. The molecule has 3 heterocycles. The third-order valence-electron chi connectivity index (χ3n) is 5.35. The van der Waals surface area contributed by atoms with E-state index in [9.17, 15) is 10.1 Å². The van der Waals surface area contributed by atoms with Crippen LogP contribution in [0.1, 0.15) is 31.0 Å². The number of hydrogen-bond acceptors (Lipinski definition) is 9. The third-order valence-corrected chi connectivity index (χ3v) is 6.73. The van der Waals surface area contributed by atoms with Crippen LogP contribution in [0.2, 0.25) is 0 Å². The number of hydrogen-bond donors (Lipinski definition) is 0. The number of nitriles is 1. The lowest BCUT2D eigenvalue weighted by molar-refractivity contribution is -0.122. The van der Waals surface area contributed by atoms with E-state index in [1.807, 2.05) is 43.0 Å². The zero-order valence-corrected chi connectivity index (χ0v) is 20.2. The van der Waals surface area contributed by atoms with Crippen LogP contribution in [-0.2, 0) is 16.0 Å². The molecule has 8 nitrogen and oxygen atoms in total. The molecular weight excluding hydrogens is 460 g/mol. The molecule has 33 heavy (non-hydrogen) atoms. The quantitative estimate of drug-likeness (QED) is 0.450. The standard InChI is InChI=1S/C23H24N4O4S2/c1-14-12-26(13-15(2)30-14)22-18(11-24)25-20(31-22)10-19-21(28)27(23(32)33-19)9-8-16-4-6-17(29-3)7-5-16/h4-7,10,14-15H,8-9,12-13H2,1-3H3/b19-10+/t14-,15+. The van der Waals surface area contributed by atoms with Crippen molar-refractivity contribution < 1.29 is 18.7 Å². The molecule has 0 bridgehead atoms. The van der Waals surface area contributed by atoms with E-state index in [4.69, 9.17) is 26.1 Å². The normalized spacial score (nSPS) is 22.2. The van der Waals surface area contributed by atoms with Crippen molar-refractivity contribution in [2.24, 2.45) is 0 Å². The number of rotatable bonds is 6. The maximum absolute atomic E-state index is 13.0. The number of amides is 1. The fourth-order valence-electron chi connectivity index (χ4n) is 3.86. The van der Waals surface area contributed by atoms with Crippen LogP contribution in [0.5, 0.6) is 5.75 Å². The number of nitrogens with zero attached hydrogens (tertiary/aromatic N) is 4. The van der Waals surface area contributed by atoms with E-state index >= 15 is 0 Å². The smallest absolute Gasteiger partial charge is 0.266 e. The Morgan fingerprint density at radius 3 is 2.64 bits per heavy atom. The van der Waals surface area contributed by atoms with Gasteiger partial charge in [0.25, 0.3) is 5.91 Å². The van der Waals surface area contributed by atoms with E-state index in [1.54, 1.807) is 18.1 Å². The van der Waals surface area contributed by atoms with Crippen LogP contribution >= 0.6 is 24.0 Å². The molecule has 172 valence electrons. The number of methoxy groups -OCH3 is 1. The number of morpholine rings is 1. The van der Waals surface area contributed by atoms with E-state index in [-0.39, 0.29) is 29.7 Å². The van der Waals surface area contributed by atoms with Crippen molar-refractivity contribution in [3.05, 3.63) is 46.3 Å². The molecule has 2 aliphatic rings. The Morgan fingerprint density at radius 2 is 2.00 bits per heavy atom. The van der Waals surface area contributed by atoms with Crippen molar-refractivity contribution in [2.75, 3.05) is 31.6 Å². The molecular formula is C23H24N4O4S2. The largest absolute Gasteiger partial charge is 0.497 e. The summed E-state index contributed by atoms with van der Waals surface area (Å²) in [5.74, 6) is 1.21. The predicted molar refractivity (Wildman–Crippen MR) is 130 cm³/mol. The third kappa shape index (κ3) is 5.21. The van der Waals surface area contributed by atoms with Crippen LogP contribution < -0.4 is 9.64 Å². The van der Waals surface area contributed by atoms with Gasteiger partial charge in [-0.1, -0.05) is 36.1 Å². The van der Waals surface area contributed by atoms with Gasteiger partial charge in [-0.05, 0) is 38.0 Å². The summed E-state index contributed by atoms with van der Waals surface area (Å²) in [6, 6.07) is 9.81. The van der Waals surface area contributed by atoms with Crippen LogP contribution in [0.25, 0.3) is 6.08 Å². The minimum atomic E-state index is -0.189. The van der Waals surface area contributed by atoms with Gasteiger partial charge in [0.15, 0.2) is 0 Å². The number of thioether (sulfide) groups is 1. The maximum Gasteiger partial charge on any atom is 0.266 e. The van der Waals surface area contributed by atoms with Crippen molar-refractivity contribution in [3.8, 4) is 11.8 Å². The molecule has 1 aromatic heterocycles. The highest BCUT2D eigenvalue weighted by Crippen LogP contribution is 2.34. The minimum absolute atomic E-state index is 0.01000. The molecule has 2 atom stereocenters. The number of carbonyl (C=O) groups is 1. The number of ether oxygens (including phenoxy) is 2. The van der Waals surface area contributed by atoms with Gasteiger partial charge < -0.3 is 18.8 Å². The average molecular weight is 485 g/mol. The van der Waals surface area contributed by atoms with Gasteiger partial charge >= 0.3 is 0 Å². The van der Waals surface area contributed by atoms with Crippen molar-refractivity contribution in [1.82, 2.24) is 9.88 Å². The Labute approximate surface area is 202 Å². The number of carbonyl (C=O) groups excluding carboxylic acids is 1. The first-order valence-electron chi connectivity index (χ1n) is 10.6. The van der Waals surface area contributed by atoms with Crippen molar-refractivity contribution in [2.45, 2.75) is 32.5 Å². The number of thiocarbonyl (C=S) groups is 1. The topological polar surface area (TPSA) is 91.8 Å². The Morgan fingerprint density at radius 1 is 1.30 bits per heavy atom. The van der Waals surface area contributed by atoms with Crippen molar-refractivity contribution in [3.63, 3.8) is 0 Å². The second-order valence-corrected chi connectivity index (χ2v) is 9.59. The lowest BCUT2D eigenvalue weighted by Gasteiger charge is -2.34. The Kier molecular flexibility index (Phi) is 7.02. The first-order chi connectivity index (χ1) is 15.9. The van der Waals surface area contributed by atoms with Crippen molar-refractivity contribution >= 4 is 46.2 Å². The van der Waals surface area contributed by atoms with Crippen molar-refractivity contribution in [1.29, 1.82) is 5.26 Å². The summed E-state index contributed by atoms with van der Waals surface area (Å²) in [6.45, 7) is 5.62. The highest BCUT2D eigenvalue weighted by molar-refractivity contribution is 8.26. The van der Waals surface area contributed by atoms with Crippen LogP contribution in [-0.4, -0.2) is 59.1 Å². The monoisotopic (exact) mass is 484 g/mol. The summed E-state index contributed by atoms with van der Waals surface area (Å²) in [7, 11) is 1.62. The fraction of sp³-hybridized carbons (Fsp3) is 0.391. The summed E-state index contributed by atoms with van der Waals surface area (Å²) in [6.07, 6.45) is 2.25. The summed E-state index contributed by atoms with van der Waals surface area (Å²) >= 11 is 6.64. The van der Waals surface area contributed by atoms with Gasteiger partial charge in [-0.2, -0.15) is 10.2 Å². The van der Waals surface area contributed by atoms with Crippen LogP contribution in [0, 0.1) is 11.3 Å². The zero-order valence-electron chi connectivity index (χ0n) is 18.6. The molecule has 0 saturated carbocycles. The van der Waals surface area contributed by atoms with Gasteiger partial charge in [0.2, 0.25) is 17.5 Å². The van der Waals surface area contributed by atoms with Gasteiger partial charge in [0.1, 0.15) is 16.1 Å². The first-order valence-corrected chi connectivity index (χ1v) is 11.8. The van der Waals surface area contributed by atoms with Gasteiger partial charge in [-0.3, -0.25) is 9.69 Å². The number of aromatic nitrogens is 1. The molecule has 4 rings (SSSR count). The molecule has 2 aromatic rings. The molecule has 2 saturated heterocycles. The molecule has 2 fully saturated rings. The molecule has 10 heteroatoms. The molecule has 0 spiro atoms. The minimum Gasteiger partial charge on any atom is -0.497 e. The summed E-state index contributed by atoms with van der Waals surface area (Å²) in [5.41, 5.74) is 1.27. The van der Waals surface area contributed by atoms with E-state index in [0.717, 1.165) is 11.3 Å². The zero-order chi connectivity index (χ0) is 23.5. The molecule has 0 aliphatic carbocycles. The molecule has 2 aliphatic heterocycles. The Bertz CT molecular complexity index is 1110. The van der Waals surface area contributed by atoms with Crippen LogP contribution in [0.3, 0.4) is 0 Å². The average Bonchev–Trinajstić information content (AvgIpc) is 3.32. The van der Waals surface area contributed by atoms with Gasteiger partial charge in [0.05, 0.1) is 24.2 Å². The lowest BCUT2D eigenvalue weighted by atomic mass is 10.1. The first kappa shape index (κ1) is 23.3. The van der Waals surface area contributed by atoms with Gasteiger partial charge in [-0.15, -0.1) is 0 Å². The molecule has 0 radical (unpaired) electrons. The summed E-state index contributed by atoms with van der Waals surface area (Å²) in [5, 5.41) is 9.54. The number of anilines is 1. The molecule has 1 aromatic carbocycles. The van der Waals surface area contributed by atoms with E-state index in [2.05, 4.69) is 11.1 Å². The second-order valence-electron chi connectivity index (χ2n) is 7.91. The van der Waals surface area contributed by atoms with Gasteiger partial charge in [-0.25, -0.2) is 0 Å².